The summed E-state index contributed by atoms with van der Waals surface area (Å²) in [6.07, 6.45) is 0. The molecule has 2 aromatic carbocycles. The Kier molecular flexibility index (Phi) is 6.25. The molecule has 0 fully saturated rings. The summed E-state index contributed by atoms with van der Waals surface area (Å²) in [5.41, 5.74) is 3.02. The third-order valence-corrected chi connectivity index (χ3v) is 3.28. The molecule has 2 rings (SSSR count). The first-order valence-corrected chi connectivity index (χ1v) is 7.44. The smallest absolute Gasteiger partial charge is 0.105 e. The lowest BCUT2D eigenvalue weighted by molar-refractivity contribution is 0.156. The lowest BCUT2D eigenvalue weighted by Gasteiger charge is -2.02. The molecule has 0 spiro atoms. The van der Waals surface area contributed by atoms with Gasteiger partial charge in [0, 0.05) is 11.1 Å². The highest BCUT2D eigenvalue weighted by molar-refractivity contribution is 6.32. The van der Waals surface area contributed by atoms with Crippen LogP contribution >= 0.6 is 23.2 Å². The molecule has 0 unspecified atom stereocenters. The first-order valence-electron chi connectivity index (χ1n) is 6.38. The average Bonchev–Trinajstić information content (AvgIpc) is 2.57. The van der Waals surface area contributed by atoms with Crippen LogP contribution in [0.3, 0.4) is 0 Å². The number of hydrogen-bond donors (Lipinski definition) is 0. The van der Waals surface area contributed by atoms with E-state index in [1.54, 1.807) is 0 Å². The average molecular weight is 321 g/mol. The van der Waals surface area contributed by atoms with Crippen LogP contribution in [0.2, 0.25) is 0 Å². The Morgan fingerprint density at radius 3 is 1.43 bits per heavy atom. The van der Waals surface area contributed by atoms with Gasteiger partial charge in [-0.15, -0.1) is 23.2 Å². The summed E-state index contributed by atoms with van der Waals surface area (Å²) in [4.78, 5) is 5.06. The molecule has 0 saturated carbocycles. The van der Waals surface area contributed by atoms with Gasteiger partial charge in [-0.2, -0.15) is 0 Å². The van der Waals surface area contributed by atoms with Crippen molar-refractivity contribution in [2.24, 2.45) is 10.3 Å². The molecule has 3 nitrogen and oxygen atoms in total. The van der Waals surface area contributed by atoms with E-state index in [9.17, 15) is 0 Å². The number of alkyl halides is 2. The summed E-state index contributed by atoms with van der Waals surface area (Å²) in [7, 11) is 0. The van der Waals surface area contributed by atoms with Crippen LogP contribution in [0.1, 0.15) is 11.1 Å². The highest BCUT2D eigenvalue weighted by Gasteiger charge is 2.04. The number of hydrogen-bond acceptors (Lipinski definition) is 3. The second-order valence-electron chi connectivity index (χ2n) is 4.16. The first-order chi connectivity index (χ1) is 10.3. The van der Waals surface area contributed by atoms with Gasteiger partial charge in [-0.25, -0.2) is 4.94 Å². The van der Waals surface area contributed by atoms with E-state index in [0.29, 0.717) is 11.4 Å². The van der Waals surface area contributed by atoms with E-state index in [0.717, 1.165) is 11.1 Å². The van der Waals surface area contributed by atoms with E-state index >= 15 is 0 Å². The van der Waals surface area contributed by atoms with Gasteiger partial charge in [0.25, 0.3) is 0 Å². The Bertz CT molecular complexity index is 557. The largest absolute Gasteiger partial charge is 0.244 e. The number of oxime groups is 2. The second-order valence-corrected chi connectivity index (χ2v) is 4.69. The standard InChI is InChI=1S/C16H14Cl2N2O/c17-11-15(13-7-3-1-4-8-13)19-21-20-16(12-18)14-9-5-2-6-10-14/h1-10H,11-12H2. The van der Waals surface area contributed by atoms with Gasteiger partial charge < -0.3 is 0 Å². The molecular weight excluding hydrogens is 307 g/mol. The van der Waals surface area contributed by atoms with Gasteiger partial charge in [0.2, 0.25) is 0 Å². The maximum atomic E-state index is 5.88. The third-order valence-electron chi connectivity index (χ3n) is 2.77. The fourth-order valence-electron chi connectivity index (χ4n) is 1.69. The predicted octanol–water partition coefficient (Wildman–Crippen LogP) is 4.29. The zero-order valence-electron chi connectivity index (χ0n) is 11.2. The lowest BCUT2D eigenvalue weighted by atomic mass is 10.1. The molecular formula is C16H14Cl2N2O. The molecule has 5 heteroatoms. The number of halogens is 2. The second kappa shape index (κ2) is 8.45. The Morgan fingerprint density at radius 2 is 1.10 bits per heavy atom. The minimum absolute atomic E-state index is 0.237. The molecule has 0 N–H and O–H groups in total. The van der Waals surface area contributed by atoms with Crippen molar-refractivity contribution in [2.75, 3.05) is 11.8 Å². The van der Waals surface area contributed by atoms with Crippen molar-refractivity contribution in [3.8, 4) is 0 Å². The molecule has 0 saturated heterocycles. The Morgan fingerprint density at radius 1 is 0.714 bits per heavy atom. The van der Waals surface area contributed by atoms with Gasteiger partial charge in [0.1, 0.15) is 11.4 Å². The van der Waals surface area contributed by atoms with Crippen molar-refractivity contribution in [3.63, 3.8) is 0 Å². The maximum absolute atomic E-state index is 5.88. The minimum atomic E-state index is 0.237. The van der Waals surface area contributed by atoms with E-state index in [1.165, 1.54) is 0 Å². The van der Waals surface area contributed by atoms with Crippen molar-refractivity contribution >= 4 is 34.6 Å². The fourth-order valence-corrected chi connectivity index (χ4v) is 2.09. The molecule has 0 radical (unpaired) electrons. The molecule has 108 valence electrons. The Labute approximate surface area is 133 Å². The van der Waals surface area contributed by atoms with Gasteiger partial charge in [-0.1, -0.05) is 71.0 Å². The Balaban J connectivity index is 2.13. The number of rotatable bonds is 6. The van der Waals surface area contributed by atoms with Crippen LogP contribution in [0.15, 0.2) is 71.0 Å². The zero-order chi connectivity index (χ0) is 14.9. The summed E-state index contributed by atoms with van der Waals surface area (Å²) in [6, 6.07) is 19.1. The summed E-state index contributed by atoms with van der Waals surface area (Å²) in [5.74, 6) is 0.474. The third kappa shape index (κ3) is 4.59. The van der Waals surface area contributed by atoms with Gasteiger partial charge in [0.15, 0.2) is 0 Å². The molecule has 0 amide bonds. The van der Waals surface area contributed by atoms with Crippen LogP contribution in [-0.4, -0.2) is 23.2 Å². The summed E-state index contributed by atoms with van der Waals surface area (Å²) >= 11 is 11.8. The molecule has 0 bridgehead atoms. The monoisotopic (exact) mass is 320 g/mol. The maximum Gasteiger partial charge on any atom is 0.105 e. The molecule has 0 atom stereocenters. The molecule has 21 heavy (non-hydrogen) atoms. The summed E-state index contributed by atoms with van der Waals surface area (Å²) in [6.45, 7) is 0. The normalized spacial score (nSPS) is 12.3. The van der Waals surface area contributed by atoms with Gasteiger partial charge in [0.05, 0.1) is 11.8 Å². The predicted molar refractivity (Wildman–Crippen MR) is 88.5 cm³/mol. The van der Waals surface area contributed by atoms with Crippen LogP contribution in [-0.2, 0) is 4.94 Å². The van der Waals surface area contributed by atoms with Crippen LogP contribution in [0.25, 0.3) is 0 Å². The highest BCUT2D eigenvalue weighted by Crippen LogP contribution is 2.06. The van der Waals surface area contributed by atoms with E-state index in [1.807, 2.05) is 60.7 Å². The molecule has 2 aromatic rings. The lowest BCUT2D eigenvalue weighted by Crippen LogP contribution is -2.05. The fraction of sp³-hybridized carbons (Fsp3) is 0.125. The quantitative estimate of drug-likeness (QED) is 0.444. The van der Waals surface area contributed by atoms with E-state index in [4.69, 9.17) is 28.1 Å². The van der Waals surface area contributed by atoms with E-state index in [-0.39, 0.29) is 11.8 Å². The van der Waals surface area contributed by atoms with Crippen LogP contribution in [0.4, 0.5) is 0 Å². The van der Waals surface area contributed by atoms with E-state index < -0.39 is 0 Å². The van der Waals surface area contributed by atoms with Crippen LogP contribution < -0.4 is 0 Å². The molecule has 0 heterocycles. The minimum Gasteiger partial charge on any atom is -0.244 e. The topological polar surface area (TPSA) is 34.0 Å². The molecule has 0 aliphatic heterocycles. The molecule has 0 aromatic heterocycles. The van der Waals surface area contributed by atoms with E-state index in [2.05, 4.69) is 10.3 Å². The van der Waals surface area contributed by atoms with Gasteiger partial charge >= 0.3 is 0 Å². The summed E-state index contributed by atoms with van der Waals surface area (Å²) in [5, 5.41) is 7.93. The Hall–Kier alpha value is -1.84. The van der Waals surface area contributed by atoms with Crippen molar-refractivity contribution < 1.29 is 4.94 Å². The number of benzene rings is 2. The first kappa shape index (κ1) is 15.5. The molecule has 0 aliphatic rings. The van der Waals surface area contributed by atoms with Crippen molar-refractivity contribution in [3.05, 3.63) is 71.8 Å². The van der Waals surface area contributed by atoms with Crippen molar-refractivity contribution in [2.45, 2.75) is 0 Å². The molecule has 0 aliphatic carbocycles. The van der Waals surface area contributed by atoms with Crippen LogP contribution in [0, 0.1) is 0 Å². The van der Waals surface area contributed by atoms with Crippen molar-refractivity contribution in [1.29, 1.82) is 0 Å². The zero-order valence-corrected chi connectivity index (χ0v) is 12.8. The highest BCUT2D eigenvalue weighted by atomic mass is 35.5. The number of nitrogens with zero attached hydrogens (tertiary/aromatic N) is 2. The van der Waals surface area contributed by atoms with Crippen LogP contribution in [0.5, 0.6) is 0 Å². The summed E-state index contributed by atoms with van der Waals surface area (Å²) < 4.78 is 0. The van der Waals surface area contributed by atoms with Gasteiger partial charge in [-0.05, 0) is 0 Å². The van der Waals surface area contributed by atoms with Gasteiger partial charge in [-0.3, -0.25) is 0 Å². The SMILES string of the molecule is ClCC(=NON=C(CCl)c1ccccc1)c1ccccc1. The van der Waals surface area contributed by atoms with Crippen molar-refractivity contribution in [1.82, 2.24) is 0 Å².